The van der Waals surface area contributed by atoms with E-state index in [0.717, 1.165) is 23.6 Å². The lowest BCUT2D eigenvalue weighted by Crippen LogP contribution is -2.24. The van der Waals surface area contributed by atoms with E-state index in [1.54, 1.807) is 6.20 Å². The van der Waals surface area contributed by atoms with Gasteiger partial charge in [-0.15, -0.1) is 4.67 Å². The van der Waals surface area contributed by atoms with Crippen LogP contribution in [0.3, 0.4) is 0 Å². The monoisotopic (exact) mass is 459 g/mol. The van der Waals surface area contributed by atoms with Crippen LogP contribution in [0.5, 0.6) is 0 Å². The number of pyridine rings is 2. The zero-order chi connectivity index (χ0) is 22.8. The molecule has 0 spiro atoms. The Bertz CT molecular complexity index is 919. The molecule has 11 heteroatoms. The van der Waals surface area contributed by atoms with Crippen molar-refractivity contribution in [2.45, 2.75) is 24.9 Å². The summed E-state index contributed by atoms with van der Waals surface area (Å²) in [5.74, 6) is 0.730. The maximum Gasteiger partial charge on any atom is 0.502 e. The van der Waals surface area contributed by atoms with Crippen LogP contribution in [0.2, 0.25) is 0 Å². The van der Waals surface area contributed by atoms with Gasteiger partial charge < -0.3 is 9.64 Å². The van der Waals surface area contributed by atoms with E-state index in [1.807, 2.05) is 60.5 Å². The Hall–Kier alpha value is -2.07. The van der Waals surface area contributed by atoms with Crippen LogP contribution in [0.25, 0.3) is 12.2 Å². The SMILES string of the molecule is [B]C1CCC(COP(=O)(OCCN(C)c2cccc(/C=C/c3ccccn3)n2)OOC)O1. The minimum Gasteiger partial charge on any atom is -0.382 e. The van der Waals surface area contributed by atoms with Gasteiger partial charge in [0.05, 0.1) is 37.8 Å². The summed E-state index contributed by atoms with van der Waals surface area (Å²) in [6, 6.07) is 11.1. The van der Waals surface area contributed by atoms with Crippen molar-refractivity contribution in [1.29, 1.82) is 0 Å². The van der Waals surface area contributed by atoms with Gasteiger partial charge in [0, 0.05) is 25.8 Å². The molecule has 0 aromatic carbocycles. The van der Waals surface area contributed by atoms with Crippen molar-refractivity contribution in [2.75, 3.05) is 38.8 Å². The number of hydrogen-bond donors (Lipinski definition) is 0. The Morgan fingerprint density at radius 3 is 2.72 bits per heavy atom. The van der Waals surface area contributed by atoms with Crippen molar-refractivity contribution < 1.29 is 27.9 Å². The molecule has 1 fully saturated rings. The fourth-order valence-electron chi connectivity index (χ4n) is 3.00. The standard InChI is InChI=1S/C21H27BN3O6P/c1-25(21-8-5-7-18(24-21)10-9-17-6-3-4-13-23-17)14-15-28-32(26,31-27-2)29-16-19-11-12-20(22)30-19/h3-10,13,19-20H,11-12,14-16H2,1-2H3/b10-9+. The first-order valence-corrected chi connectivity index (χ1v) is 11.7. The molecular formula is C21H27BN3O6P. The second kappa shape index (κ2) is 12.2. The first kappa shape index (κ1) is 24.6. The highest BCUT2D eigenvalue weighted by Gasteiger charge is 2.31. The van der Waals surface area contributed by atoms with Crippen molar-refractivity contribution in [3.8, 4) is 0 Å². The topological polar surface area (TPSA) is 92.2 Å². The van der Waals surface area contributed by atoms with E-state index >= 15 is 0 Å². The van der Waals surface area contributed by atoms with Gasteiger partial charge >= 0.3 is 7.82 Å². The molecule has 2 radical (unpaired) electrons. The third kappa shape index (κ3) is 7.81. The lowest BCUT2D eigenvalue weighted by molar-refractivity contribution is -0.202. The predicted octanol–water partition coefficient (Wildman–Crippen LogP) is 3.48. The average Bonchev–Trinajstić information content (AvgIpc) is 3.23. The third-order valence-corrected chi connectivity index (χ3v) is 5.96. The molecule has 2 aromatic rings. The molecule has 3 heterocycles. The first-order valence-electron chi connectivity index (χ1n) is 10.3. The predicted molar refractivity (Wildman–Crippen MR) is 122 cm³/mol. The van der Waals surface area contributed by atoms with E-state index in [4.69, 9.17) is 26.3 Å². The summed E-state index contributed by atoms with van der Waals surface area (Å²) in [5, 5.41) is 0. The van der Waals surface area contributed by atoms with Crippen molar-refractivity contribution in [1.82, 2.24) is 9.97 Å². The van der Waals surface area contributed by atoms with Gasteiger partial charge in [-0.25, -0.2) is 14.4 Å². The van der Waals surface area contributed by atoms with Gasteiger partial charge in [0.15, 0.2) is 0 Å². The van der Waals surface area contributed by atoms with Crippen molar-refractivity contribution in [3.63, 3.8) is 0 Å². The van der Waals surface area contributed by atoms with Crippen LogP contribution < -0.4 is 4.90 Å². The third-order valence-electron chi connectivity index (χ3n) is 4.66. The number of aromatic nitrogens is 2. The molecule has 1 saturated heterocycles. The molecule has 3 atom stereocenters. The van der Waals surface area contributed by atoms with Gasteiger partial charge in [-0.3, -0.25) is 14.0 Å². The van der Waals surface area contributed by atoms with Crippen LogP contribution >= 0.6 is 7.82 Å². The van der Waals surface area contributed by atoms with E-state index in [0.29, 0.717) is 13.0 Å². The van der Waals surface area contributed by atoms with Gasteiger partial charge in [-0.2, -0.15) is 0 Å². The number of phosphoric acid groups is 1. The second-order valence-electron chi connectivity index (χ2n) is 7.12. The first-order chi connectivity index (χ1) is 15.5. The van der Waals surface area contributed by atoms with E-state index < -0.39 is 7.82 Å². The molecule has 3 rings (SSSR count). The van der Waals surface area contributed by atoms with Crippen molar-refractivity contribution in [2.24, 2.45) is 0 Å². The van der Waals surface area contributed by atoms with Crippen LogP contribution in [-0.4, -0.2) is 63.8 Å². The lowest BCUT2D eigenvalue weighted by atomic mass is 9.97. The normalized spacial score (nSPS) is 20.4. The number of ether oxygens (including phenoxy) is 1. The molecule has 0 bridgehead atoms. The highest BCUT2D eigenvalue weighted by atomic mass is 31.2. The fraction of sp³-hybridized carbons (Fsp3) is 0.429. The summed E-state index contributed by atoms with van der Waals surface area (Å²) in [6.45, 7) is 0.500. The number of phosphoric ester groups is 1. The van der Waals surface area contributed by atoms with Crippen LogP contribution in [0.4, 0.5) is 5.82 Å². The van der Waals surface area contributed by atoms with Gasteiger partial charge in [0.1, 0.15) is 13.7 Å². The van der Waals surface area contributed by atoms with Crippen LogP contribution in [0.15, 0.2) is 42.6 Å². The molecule has 0 amide bonds. The maximum atomic E-state index is 12.7. The summed E-state index contributed by atoms with van der Waals surface area (Å²) >= 11 is 0. The van der Waals surface area contributed by atoms with Crippen LogP contribution in [-0.2, 0) is 27.9 Å². The zero-order valence-electron chi connectivity index (χ0n) is 18.2. The number of hydrogen-bond acceptors (Lipinski definition) is 9. The van der Waals surface area contributed by atoms with Gasteiger partial charge in [0.2, 0.25) is 0 Å². The van der Waals surface area contributed by atoms with E-state index in [1.165, 1.54) is 7.11 Å². The summed E-state index contributed by atoms with van der Waals surface area (Å²) in [6.07, 6.45) is 6.71. The van der Waals surface area contributed by atoms with Crippen LogP contribution in [0, 0.1) is 0 Å². The highest BCUT2D eigenvalue weighted by molar-refractivity contribution is 7.48. The number of anilines is 1. The molecule has 9 nitrogen and oxygen atoms in total. The zero-order valence-corrected chi connectivity index (χ0v) is 19.1. The second-order valence-corrected chi connectivity index (χ2v) is 8.68. The number of nitrogens with zero attached hydrogens (tertiary/aromatic N) is 3. The molecule has 2 aromatic heterocycles. The molecule has 0 saturated carbocycles. The van der Waals surface area contributed by atoms with Gasteiger partial charge in [-0.1, -0.05) is 12.1 Å². The quantitative estimate of drug-likeness (QED) is 0.205. The maximum absolute atomic E-state index is 12.7. The van der Waals surface area contributed by atoms with E-state index in [-0.39, 0.29) is 25.3 Å². The molecule has 170 valence electrons. The fourth-order valence-corrected chi connectivity index (χ4v) is 3.99. The smallest absolute Gasteiger partial charge is 0.382 e. The van der Waals surface area contributed by atoms with Gasteiger partial charge in [-0.05, 0) is 49.3 Å². The summed E-state index contributed by atoms with van der Waals surface area (Å²) < 4.78 is 33.7. The Morgan fingerprint density at radius 2 is 2.00 bits per heavy atom. The Balaban J connectivity index is 1.50. The van der Waals surface area contributed by atoms with Crippen LogP contribution in [0.1, 0.15) is 24.2 Å². The Morgan fingerprint density at radius 1 is 1.19 bits per heavy atom. The molecule has 3 unspecified atom stereocenters. The van der Waals surface area contributed by atoms with Crippen molar-refractivity contribution in [3.05, 3.63) is 54.0 Å². The summed E-state index contributed by atoms with van der Waals surface area (Å²) in [7, 11) is 4.89. The minimum absolute atomic E-state index is 0.0381. The molecule has 1 aliphatic rings. The lowest BCUT2D eigenvalue weighted by Gasteiger charge is -2.21. The largest absolute Gasteiger partial charge is 0.502 e. The molecule has 0 aliphatic carbocycles. The summed E-state index contributed by atoms with van der Waals surface area (Å²) in [4.78, 5) is 15.3. The Labute approximate surface area is 189 Å². The van der Waals surface area contributed by atoms with Gasteiger partial charge in [0.25, 0.3) is 0 Å². The highest BCUT2D eigenvalue weighted by Crippen LogP contribution is 2.49. The van der Waals surface area contributed by atoms with E-state index in [2.05, 4.69) is 14.9 Å². The molecule has 1 aliphatic heterocycles. The minimum atomic E-state index is -3.90. The molecule has 0 N–H and O–H groups in total. The Kier molecular flexibility index (Phi) is 9.41. The number of rotatable bonds is 12. The molecular weight excluding hydrogens is 432 g/mol. The molecule has 32 heavy (non-hydrogen) atoms. The van der Waals surface area contributed by atoms with Crippen molar-refractivity contribution >= 4 is 33.6 Å². The number of likely N-dealkylation sites (N-methyl/N-ethyl adjacent to an activating group) is 1. The average molecular weight is 459 g/mol. The van der Waals surface area contributed by atoms with E-state index in [9.17, 15) is 4.57 Å². The summed E-state index contributed by atoms with van der Waals surface area (Å²) in [5.41, 5.74) is 1.63.